The quantitative estimate of drug-likeness (QED) is 0.642. The molecule has 1 aliphatic rings. The van der Waals surface area contributed by atoms with Crippen molar-refractivity contribution in [1.82, 2.24) is 4.90 Å². The molecule has 0 N–H and O–H groups in total. The summed E-state index contributed by atoms with van der Waals surface area (Å²) >= 11 is 0. The van der Waals surface area contributed by atoms with Gasteiger partial charge in [-0.15, -0.1) is 0 Å². The smallest absolute Gasteiger partial charge is 0.170 e. The van der Waals surface area contributed by atoms with E-state index in [1.807, 2.05) is 0 Å². The van der Waals surface area contributed by atoms with E-state index < -0.39 is 0 Å². The third-order valence-corrected chi connectivity index (χ3v) is 2.97. The van der Waals surface area contributed by atoms with E-state index in [1.54, 1.807) is 0 Å². The van der Waals surface area contributed by atoms with Crippen LogP contribution in [-0.4, -0.2) is 44.0 Å². The normalized spacial score (nSPS) is 22.6. The van der Waals surface area contributed by atoms with E-state index in [2.05, 4.69) is 32.6 Å². The highest BCUT2D eigenvalue weighted by molar-refractivity contribution is 4.67. The van der Waals surface area contributed by atoms with Gasteiger partial charge >= 0.3 is 0 Å². The Labute approximate surface area is 106 Å². The fourth-order valence-corrected chi connectivity index (χ4v) is 2.16. The first kappa shape index (κ1) is 14.9. The number of nitrogens with zero attached hydrogens (tertiary/aromatic N) is 1. The monoisotopic (exact) mass is 243 g/mol. The number of hydrogen-bond acceptors (Lipinski definition) is 3. The molecule has 0 bridgehead atoms. The molecular weight excluding hydrogens is 214 g/mol. The highest BCUT2D eigenvalue weighted by Crippen LogP contribution is 2.10. The van der Waals surface area contributed by atoms with Gasteiger partial charge in [0.25, 0.3) is 0 Å². The van der Waals surface area contributed by atoms with Crippen LogP contribution in [0, 0.1) is 11.8 Å². The molecule has 17 heavy (non-hydrogen) atoms. The van der Waals surface area contributed by atoms with Gasteiger partial charge in [-0.05, 0) is 24.7 Å². The zero-order valence-electron chi connectivity index (χ0n) is 11.9. The number of ether oxygens (including phenoxy) is 2. The van der Waals surface area contributed by atoms with E-state index in [0.717, 1.165) is 51.1 Å². The summed E-state index contributed by atoms with van der Waals surface area (Å²) in [4.78, 5) is 2.45. The predicted molar refractivity (Wildman–Crippen MR) is 71.0 cm³/mol. The summed E-state index contributed by atoms with van der Waals surface area (Å²) in [5.74, 6) is 1.48. The van der Waals surface area contributed by atoms with Crippen LogP contribution >= 0.6 is 0 Å². The second-order valence-electron chi connectivity index (χ2n) is 5.86. The summed E-state index contributed by atoms with van der Waals surface area (Å²) < 4.78 is 11.4. The molecule has 3 heteroatoms. The van der Waals surface area contributed by atoms with Gasteiger partial charge in [-0.2, -0.15) is 0 Å². The van der Waals surface area contributed by atoms with Gasteiger partial charge in [0.15, 0.2) is 6.29 Å². The Morgan fingerprint density at radius 2 is 2.00 bits per heavy atom. The fourth-order valence-electron chi connectivity index (χ4n) is 2.16. The molecule has 0 amide bonds. The minimum atomic E-state index is -0.00494. The van der Waals surface area contributed by atoms with Crippen molar-refractivity contribution in [2.75, 3.05) is 32.8 Å². The molecule has 0 aromatic carbocycles. The average molecular weight is 243 g/mol. The van der Waals surface area contributed by atoms with E-state index in [1.165, 1.54) is 6.42 Å². The van der Waals surface area contributed by atoms with Crippen molar-refractivity contribution in [3.8, 4) is 0 Å². The summed E-state index contributed by atoms with van der Waals surface area (Å²) in [7, 11) is 0. The first-order valence-corrected chi connectivity index (χ1v) is 7.03. The van der Waals surface area contributed by atoms with Crippen molar-refractivity contribution in [1.29, 1.82) is 0 Å². The third kappa shape index (κ3) is 7.02. The van der Waals surface area contributed by atoms with Crippen molar-refractivity contribution in [2.24, 2.45) is 11.8 Å². The summed E-state index contributed by atoms with van der Waals surface area (Å²) in [6, 6.07) is 0. The lowest BCUT2D eigenvalue weighted by molar-refractivity contribution is -0.180. The SMILES string of the molecule is CC(C)CCCO[C@H]1CN(CC(C)C)CCO1. The van der Waals surface area contributed by atoms with Gasteiger partial charge in [0.2, 0.25) is 0 Å². The second-order valence-corrected chi connectivity index (χ2v) is 5.86. The summed E-state index contributed by atoms with van der Waals surface area (Å²) in [6.45, 7) is 13.8. The molecule has 0 aromatic rings. The summed E-state index contributed by atoms with van der Waals surface area (Å²) in [5, 5.41) is 0. The zero-order valence-corrected chi connectivity index (χ0v) is 11.9. The average Bonchev–Trinajstić information content (AvgIpc) is 2.24. The first-order chi connectivity index (χ1) is 8.08. The van der Waals surface area contributed by atoms with Gasteiger partial charge in [-0.3, -0.25) is 4.90 Å². The standard InChI is InChI=1S/C14H29NO2/c1-12(2)6-5-8-16-14-11-15(7-9-17-14)10-13(3)4/h12-14H,5-11H2,1-4H3/t14-/m1/s1. The van der Waals surface area contributed by atoms with Crippen molar-refractivity contribution >= 4 is 0 Å². The van der Waals surface area contributed by atoms with Crippen molar-refractivity contribution < 1.29 is 9.47 Å². The van der Waals surface area contributed by atoms with Crippen molar-refractivity contribution in [2.45, 2.75) is 46.8 Å². The molecular formula is C14H29NO2. The van der Waals surface area contributed by atoms with Crippen molar-refractivity contribution in [3.05, 3.63) is 0 Å². The molecule has 3 nitrogen and oxygen atoms in total. The number of hydrogen-bond donors (Lipinski definition) is 0. The van der Waals surface area contributed by atoms with E-state index in [0.29, 0.717) is 0 Å². The van der Waals surface area contributed by atoms with Crippen LogP contribution < -0.4 is 0 Å². The first-order valence-electron chi connectivity index (χ1n) is 7.03. The zero-order chi connectivity index (χ0) is 12.7. The van der Waals surface area contributed by atoms with Gasteiger partial charge in [0.1, 0.15) is 0 Å². The maximum absolute atomic E-state index is 5.78. The Hall–Kier alpha value is -0.120. The maximum atomic E-state index is 5.78. The molecule has 102 valence electrons. The van der Waals surface area contributed by atoms with Crippen LogP contribution in [0.5, 0.6) is 0 Å². The van der Waals surface area contributed by atoms with Crippen molar-refractivity contribution in [3.63, 3.8) is 0 Å². The van der Waals surface area contributed by atoms with Gasteiger partial charge in [0.05, 0.1) is 6.61 Å². The minimum Gasteiger partial charge on any atom is -0.351 e. The highest BCUT2D eigenvalue weighted by atomic mass is 16.7. The van der Waals surface area contributed by atoms with E-state index in [9.17, 15) is 0 Å². The summed E-state index contributed by atoms with van der Waals surface area (Å²) in [5.41, 5.74) is 0. The molecule has 1 fully saturated rings. The molecule has 1 heterocycles. The molecule has 0 aromatic heterocycles. The Bertz CT molecular complexity index is 195. The predicted octanol–water partition coefficient (Wildman–Crippen LogP) is 2.75. The van der Waals surface area contributed by atoms with E-state index in [-0.39, 0.29) is 6.29 Å². The largest absolute Gasteiger partial charge is 0.351 e. The Kier molecular flexibility index (Phi) is 7.09. The molecule has 0 unspecified atom stereocenters. The second kappa shape index (κ2) is 8.06. The Morgan fingerprint density at radius 3 is 2.65 bits per heavy atom. The molecule has 0 radical (unpaired) electrons. The lowest BCUT2D eigenvalue weighted by Crippen LogP contribution is -2.45. The number of morpholine rings is 1. The lowest BCUT2D eigenvalue weighted by Gasteiger charge is -2.33. The Balaban J connectivity index is 2.12. The maximum Gasteiger partial charge on any atom is 0.170 e. The minimum absolute atomic E-state index is 0.00494. The van der Waals surface area contributed by atoms with Crippen LogP contribution in [0.4, 0.5) is 0 Å². The van der Waals surface area contributed by atoms with Gasteiger partial charge in [0, 0.05) is 26.2 Å². The van der Waals surface area contributed by atoms with E-state index in [4.69, 9.17) is 9.47 Å². The number of rotatable bonds is 7. The molecule has 0 spiro atoms. The van der Waals surface area contributed by atoms with Gasteiger partial charge in [-0.25, -0.2) is 0 Å². The van der Waals surface area contributed by atoms with Crippen LogP contribution in [0.25, 0.3) is 0 Å². The summed E-state index contributed by atoms with van der Waals surface area (Å²) in [6.07, 6.45) is 2.37. The van der Waals surface area contributed by atoms with Crippen LogP contribution in [0.2, 0.25) is 0 Å². The van der Waals surface area contributed by atoms with Crippen LogP contribution in [0.15, 0.2) is 0 Å². The topological polar surface area (TPSA) is 21.7 Å². The van der Waals surface area contributed by atoms with Crippen LogP contribution in [0.1, 0.15) is 40.5 Å². The van der Waals surface area contributed by atoms with Gasteiger partial charge < -0.3 is 9.47 Å². The molecule has 1 saturated heterocycles. The third-order valence-electron chi connectivity index (χ3n) is 2.97. The Morgan fingerprint density at radius 1 is 1.24 bits per heavy atom. The van der Waals surface area contributed by atoms with Crippen LogP contribution in [-0.2, 0) is 9.47 Å². The lowest BCUT2D eigenvalue weighted by atomic mass is 10.1. The van der Waals surface area contributed by atoms with Gasteiger partial charge in [-0.1, -0.05) is 27.7 Å². The van der Waals surface area contributed by atoms with Crippen LogP contribution in [0.3, 0.4) is 0 Å². The molecule has 1 rings (SSSR count). The van der Waals surface area contributed by atoms with E-state index >= 15 is 0 Å². The molecule has 1 aliphatic heterocycles. The molecule has 0 aliphatic carbocycles. The molecule has 0 saturated carbocycles. The molecule has 1 atom stereocenters. The fraction of sp³-hybridized carbons (Fsp3) is 1.00. The highest BCUT2D eigenvalue weighted by Gasteiger charge is 2.20.